The second kappa shape index (κ2) is 7.34. The first-order valence-electron chi connectivity index (χ1n) is 9.32. The quantitative estimate of drug-likeness (QED) is 0.782. The molecule has 4 rings (SSSR count). The summed E-state index contributed by atoms with van der Waals surface area (Å²) in [6, 6.07) is 7.66. The lowest BCUT2D eigenvalue weighted by atomic mass is 10.2. The van der Waals surface area contributed by atoms with Crippen LogP contribution in [0.3, 0.4) is 0 Å². The minimum absolute atomic E-state index is 0.0209. The number of rotatable bonds is 7. The van der Waals surface area contributed by atoms with E-state index in [2.05, 4.69) is 20.6 Å². The van der Waals surface area contributed by atoms with Crippen molar-refractivity contribution in [3.63, 3.8) is 0 Å². The van der Waals surface area contributed by atoms with Crippen molar-refractivity contribution in [2.45, 2.75) is 32.9 Å². The number of carbonyl (C=O) groups is 2. The van der Waals surface area contributed by atoms with Gasteiger partial charge in [0, 0.05) is 37.4 Å². The van der Waals surface area contributed by atoms with Gasteiger partial charge >= 0.3 is 0 Å². The first-order chi connectivity index (χ1) is 13.1. The molecule has 0 unspecified atom stereocenters. The Balaban J connectivity index is 1.32. The van der Waals surface area contributed by atoms with E-state index >= 15 is 0 Å². The maximum Gasteiger partial charge on any atom is 0.256 e. The normalized spacial score (nSPS) is 15.6. The summed E-state index contributed by atoms with van der Waals surface area (Å²) >= 11 is 0. The van der Waals surface area contributed by atoms with E-state index in [4.69, 9.17) is 0 Å². The van der Waals surface area contributed by atoms with Crippen LogP contribution in [0.15, 0.2) is 30.5 Å². The molecule has 2 N–H and O–H groups in total. The van der Waals surface area contributed by atoms with Crippen LogP contribution in [0, 0.1) is 12.8 Å². The van der Waals surface area contributed by atoms with Gasteiger partial charge in [-0.2, -0.15) is 0 Å². The van der Waals surface area contributed by atoms with Crippen molar-refractivity contribution in [3.8, 4) is 0 Å². The number of hydrogen-bond donors (Lipinski definition) is 2. The Morgan fingerprint density at radius 3 is 2.85 bits per heavy atom. The van der Waals surface area contributed by atoms with Gasteiger partial charge in [-0.15, -0.1) is 0 Å². The van der Waals surface area contributed by atoms with E-state index in [0.29, 0.717) is 31.7 Å². The van der Waals surface area contributed by atoms with Crippen LogP contribution in [-0.2, 0) is 17.9 Å². The van der Waals surface area contributed by atoms with Gasteiger partial charge in [0.1, 0.15) is 5.82 Å². The van der Waals surface area contributed by atoms with Gasteiger partial charge in [0.25, 0.3) is 5.91 Å². The van der Waals surface area contributed by atoms with Gasteiger partial charge in [0.15, 0.2) is 0 Å². The predicted octanol–water partition coefficient (Wildman–Crippen LogP) is 1.88. The molecule has 27 heavy (non-hydrogen) atoms. The second-order valence-corrected chi connectivity index (χ2v) is 7.14. The van der Waals surface area contributed by atoms with Crippen LogP contribution in [0.25, 0.3) is 0 Å². The van der Waals surface area contributed by atoms with Gasteiger partial charge in [-0.1, -0.05) is 6.07 Å². The van der Waals surface area contributed by atoms with Crippen LogP contribution >= 0.6 is 0 Å². The summed E-state index contributed by atoms with van der Waals surface area (Å²) in [5.41, 5.74) is 3.49. The Morgan fingerprint density at radius 2 is 2.11 bits per heavy atom. The molecule has 2 aliphatic rings. The van der Waals surface area contributed by atoms with Crippen molar-refractivity contribution in [2.24, 2.45) is 5.92 Å². The van der Waals surface area contributed by atoms with Gasteiger partial charge in [0.2, 0.25) is 5.91 Å². The molecule has 7 nitrogen and oxygen atoms in total. The minimum Gasteiger partial charge on any atom is -0.366 e. The molecule has 2 amide bonds. The monoisotopic (exact) mass is 365 g/mol. The summed E-state index contributed by atoms with van der Waals surface area (Å²) in [7, 11) is 0. The number of nitrogens with zero attached hydrogens (tertiary/aromatic N) is 3. The number of carbonyl (C=O) groups excluding carboxylic acids is 2. The molecule has 2 aromatic heterocycles. The van der Waals surface area contributed by atoms with Crippen molar-refractivity contribution in [1.82, 2.24) is 20.2 Å². The lowest BCUT2D eigenvalue weighted by Crippen LogP contribution is -2.35. The van der Waals surface area contributed by atoms with Crippen molar-refractivity contribution in [3.05, 3.63) is 53.0 Å². The zero-order valence-corrected chi connectivity index (χ0v) is 15.4. The molecule has 0 bridgehead atoms. The smallest absolute Gasteiger partial charge is 0.256 e. The molecule has 0 atom stereocenters. The molecular weight excluding hydrogens is 342 g/mol. The second-order valence-electron chi connectivity index (χ2n) is 7.14. The number of fused-ring (bicyclic) bond motifs is 1. The highest BCUT2D eigenvalue weighted by molar-refractivity contribution is 5.98. The van der Waals surface area contributed by atoms with E-state index in [9.17, 15) is 9.59 Å². The number of nitrogens with one attached hydrogen (secondary N) is 2. The van der Waals surface area contributed by atoms with E-state index < -0.39 is 0 Å². The highest BCUT2D eigenvalue weighted by atomic mass is 16.2. The van der Waals surface area contributed by atoms with Crippen molar-refractivity contribution >= 4 is 17.6 Å². The summed E-state index contributed by atoms with van der Waals surface area (Å²) < 4.78 is 0. The fraction of sp³-hybridized carbons (Fsp3) is 0.400. The molecule has 0 radical (unpaired) electrons. The summed E-state index contributed by atoms with van der Waals surface area (Å²) in [6.45, 7) is 4.06. The van der Waals surface area contributed by atoms with Crippen LogP contribution < -0.4 is 10.6 Å². The summed E-state index contributed by atoms with van der Waals surface area (Å²) in [4.78, 5) is 34.8. The highest BCUT2D eigenvalue weighted by Gasteiger charge is 2.31. The molecule has 7 heteroatoms. The van der Waals surface area contributed by atoms with Gasteiger partial charge < -0.3 is 15.5 Å². The molecule has 1 aliphatic carbocycles. The zero-order chi connectivity index (χ0) is 18.8. The third-order valence-corrected chi connectivity index (χ3v) is 4.91. The van der Waals surface area contributed by atoms with E-state index in [-0.39, 0.29) is 17.7 Å². The fourth-order valence-electron chi connectivity index (χ4n) is 3.12. The third-order valence-electron chi connectivity index (χ3n) is 4.91. The van der Waals surface area contributed by atoms with Gasteiger partial charge in [0.05, 0.1) is 17.8 Å². The molecule has 0 spiro atoms. The van der Waals surface area contributed by atoms with Gasteiger partial charge in [-0.25, -0.2) is 4.98 Å². The molecular formula is C20H23N5O2. The molecule has 3 heterocycles. The summed E-state index contributed by atoms with van der Waals surface area (Å²) in [6.07, 6.45) is 3.81. The maximum absolute atomic E-state index is 12.5. The number of anilines is 1. The van der Waals surface area contributed by atoms with Crippen LogP contribution in [0.5, 0.6) is 0 Å². The molecule has 1 fully saturated rings. The lowest BCUT2D eigenvalue weighted by Gasteiger charge is -2.15. The molecule has 1 saturated carbocycles. The van der Waals surface area contributed by atoms with E-state index in [1.165, 1.54) is 0 Å². The van der Waals surface area contributed by atoms with Gasteiger partial charge in [-0.05, 0) is 43.5 Å². The molecule has 2 aromatic rings. The van der Waals surface area contributed by atoms with Crippen LogP contribution in [-0.4, -0.2) is 39.8 Å². The predicted molar refractivity (Wildman–Crippen MR) is 101 cm³/mol. The largest absolute Gasteiger partial charge is 0.366 e. The third kappa shape index (κ3) is 4.07. The number of aryl methyl sites for hydroxylation is 1. The number of pyridine rings is 2. The molecule has 0 aromatic carbocycles. The van der Waals surface area contributed by atoms with Crippen LogP contribution in [0.4, 0.5) is 5.82 Å². The van der Waals surface area contributed by atoms with Crippen LogP contribution in [0.2, 0.25) is 0 Å². The summed E-state index contributed by atoms with van der Waals surface area (Å²) in [5, 5.41) is 6.18. The number of hydrogen-bond acceptors (Lipinski definition) is 5. The first-order valence-corrected chi connectivity index (χ1v) is 9.32. The fourth-order valence-corrected chi connectivity index (χ4v) is 3.12. The molecule has 140 valence electrons. The minimum atomic E-state index is -0.0209. The first kappa shape index (κ1) is 17.5. The van der Waals surface area contributed by atoms with Crippen LogP contribution in [0.1, 0.15) is 40.2 Å². The average Bonchev–Trinajstić information content (AvgIpc) is 3.47. The standard InChI is InChI=1S/C20H23N5O2/c1-13-2-3-14(10-22-13)11-23-18-7-6-16-17(24-18)12-25(20(16)27)9-8-21-19(26)15-4-5-15/h2-3,6-7,10,15H,4-5,8-9,11-12H2,1H3,(H,21,26)(H,23,24). The Kier molecular flexibility index (Phi) is 4.75. The van der Waals surface area contributed by atoms with Crippen molar-refractivity contribution < 1.29 is 9.59 Å². The number of amides is 2. The Morgan fingerprint density at radius 1 is 1.26 bits per heavy atom. The zero-order valence-electron chi connectivity index (χ0n) is 15.4. The Labute approximate surface area is 158 Å². The molecule has 1 aliphatic heterocycles. The number of aromatic nitrogens is 2. The average molecular weight is 365 g/mol. The van der Waals surface area contributed by atoms with Gasteiger partial charge in [-0.3, -0.25) is 14.6 Å². The van der Waals surface area contributed by atoms with E-state index in [1.54, 1.807) is 4.90 Å². The van der Waals surface area contributed by atoms with Crippen molar-refractivity contribution in [2.75, 3.05) is 18.4 Å². The topological polar surface area (TPSA) is 87.2 Å². The summed E-state index contributed by atoms with van der Waals surface area (Å²) in [5.74, 6) is 1.02. The Bertz CT molecular complexity index is 861. The van der Waals surface area contributed by atoms with Crippen molar-refractivity contribution in [1.29, 1.82) is 0 Å². The molecule has 0 saturated heterocycles. The Hall–Kier alpha value is -2.96. The van der Waals surface area contributed by atoms with E-state index in [0.717, 1.165) is 35.6 Å². The van der Waals surface area contributed by atoms with E-state index in [1.807, 2.05) is 37.4 Å². The highest BCUT2D eigenvalue weighted by Crippen LogP contribution is 2.28. The lowest BCUT2D eigenvalue weighted by molar-refractivity contribution is -0.122. The SMILES string of the molecule is Cc1ccc(CNc2ccc3c(n2)CN(CCNC(=O)C2CC2)C3=O)cn1. The maximum atomic E-state index is 12.5.